The molecule has 0 saturated heterocycles. The van der Waals surface area contributed by atoms with E-state index in [2.05, 4.69) is 25.6 Å². The van der Waals surface area contributed by atoms with Gasteiger partial charge in [-0.1, -0.05) is 31.0 Å². The Hall–Kier alpha value is -4.21. The highest BCUT2D eigenvalue weighted by Gasteiger charge is 2.44. The third-order valence-corrected chi connectivity index (χ3v) is 7.31. The summed E-state index contributed by atoms with van der Waals surface area (Å²) >= 11 is 0. The number of fused-ring (bicyclic) bond motifs is 2. The standard InChI is InChI=1S/C28H28FN7O2/c1-15(13-16-10-11-16)31-26(37)22-20-23(34-27(38)28(20,2)3)33-24(32-22)21-18-8-6-12-30-25(18)36(35-21)14-17-7-4-5-9-19(17)29/h4-9,12,15-16H,10-11,13-14H2,1-3H3,(H,31,37)(H,32,33,34,38). The molecular formula is C28H28FN7O2. The van der Waals surface area contributed by atoms with Crippen LogP contribution in [0.1, 0.15) is 61.6 Å². The molecule has 1 fully saturated rings. The number of halogens is 1. The van der Waals surface area contributed by atoms with Gasteiger partial charge in [0, 0.05) is 23.4 Å². The first-order valence-corrected chi connectivity index (χ1v) is 12.8. The van der Waals surface area contributed by atoms with Crippen LogP contribution in [0.25, 0.3) is 22.6 Å². The van der Waals surface area contributed by atoms with E-state index in [0.29, 0.717) is 39.6 Å². The van der Waals surface area contributed by atoms with Gasteiger partial charge in [-0.15, -0.1) is 0 Å². The van der Waals surface area contributed by atoms with E-state index >= 15 is 0 Å². The minimum absolute atomic E-state index is 0.0257. The van der Waals surface area contributed by atoms with Gasteiger partial charge in [-0.3, -0.25) is 9.59 Å². The molecule has 1 aromatic carbocycles. The summed E-state index contributed by atoms with van der Waals surface area (Å²) in [6.07, 6.45) is 4.92. The van der Waals surface area contributed by atoms with Gasteiger partial charge in [0.15, 0.2) is 11.5 Å². The van der Waals surface area contributed by atoms with E-state index in [9.17, 15) is 14.0 Å². The first kappa shape index (κ1) is 24.1. The fourth-order valence-electron chi connectivity index (χ4n) is 5.07. The molecule has 1 aliphatic carbocycles. The van der Waals surface area contributed by atoms with Crippen LogP contribution in [-0.2, 0) is 16.8 Å². The first-order chi connectivity index (χ1) is 18.2. The van der Waals surface area contributed by atoms with Crippen LogP contribution in [-0.4, -0.2) is 42.6 Å². The molecule has 4 heterocycles. The van der Waals surface area contributed by atoms with Gasteiger partial charge in [-0.05, 0) is 51.3 Å². The SMILES string of the molecule is CC(CC1CC1)NC(=O)c1nc(-c2nn(Cc3ccccc3F)c3ncccc23)nc2c1C(C)(C)C(=O)N2. The predicted octanol–water partition coefficient (Wildman–Crippen LogP) is 4.22. The monoisotopic (exact) mass is 513 g/mol. The number of hydrogen-bond donors (Lipinski definition) is 2. The van der Waals surface area contributed by atoms with Gasteiger partial charge in [0.1, 0.15) is 23.0 Å². The van der Waals surface area contributed by atoms with Crippen LogP contribution in [0.4, 0.5) is 10.2 Å². The molecule has 2 amide bonds. The summed E-state index contributed by atoms with van der Waals surface area (Å²) in [7, 11) is 0. The number of nitrogens with one attached hydrogen (secondary N) is 2. The molecule has 9 nitrogen and oxygen atoms in total. The van der Waals surface area contributed by atoms with Crippen molar-refractivity contribution in [2.75, 3.05) is 5.32 Å². The Morgan fingerprint density at radius 1 is 1.21 bits per heavy atom. The lowest BCUT2D eigenvalue weighted by Crippen LogP contribution is -2.36. The van der Waals surface area contributed by atoms with Crippen molar-refractivity contribution in [3.05, 3.63) is 65.2 Å². The van der Waals surface area contributed by atoms with Crippen molar-refractivity contribution in [3.8, 4) is 11.5 Å². The molecule has 4 aromatic rings. The molecule has 1 saturated carbocycles. The third-order valence-electron chi connectivity index (χ3n) is 7.31. The van der Waals surface area contributed by atoms with E-state index in [-0.39, 0.29) is 41.7 Å². The van der Waals surface area contributed by atoms with Gasteiger partial charge in [-0.25, -0.2) is 24.0 Å². The smallest absolute Gasteiger partial charge is 0.270 e. The lowest BCUT2D eigenvalue weighted by molar-refractivity contribution is -0.119. The maximum Gasteiger partial charge on any atom is 0.270 e. The zero-order valence-corrected chi connectivity index (χ0v) is 21.5. The highest BCUT2D eigenvalue weighted by Crippen LogP contribution is 2.40. The number of carbonyl (C=O) groups excluding carboxylic acids is 2. The zero-order valence-electron chi connectivity index (χ0n) is 21.5. The highest BCUT2D eigenvalue weighted by atomic mass is 19.1. The van der Waals surface area contributed by atoms with Crippen molar-refractivity contribution in [1.29, 1.82) is 0 Å². The van der Waals surface area contributed by atoms with Crippen molar-refractivity contribution in [1.82, 2.24) is 30.0 Å². The molecule has 0 radical (unpaired) electrons. The number of anilines is 1. The fraction of sp³-hybridized carbons (Fsp3) is 0.357. The maximum atomic E-state index is 14.4. The van der Waals surface area contributed by atoms with Gasteiger partial charge in [0.25, 0.3) is 5.91 Å². The Morgan fingerprint density at radius 3 is 2.76 bits per heavy atom. The first-order valence-electron chi connectivity index (χ1n) is 12.8. The molecule has 2 N–H and O–H groups in total. The number of nitrogens with zero attached hydrogens (tertiary/aromatic N) is 5. The Labute approximate surface area is 218 Å². The minimum atomic E-state index is -0.978. The van der Waals surface area contributed by atoms with Gasteiger partial charge in [-0.2, -0.15) is 5.10 Å². The van der Waals surface area contributed by atoms with Crippen molar-refractivity contribution >= 4 is 28.7 Å². The number of benzene rings is 1. The molecule has 6 rings (SSSR count). The van der Waals surface area contributed by atoms with E-state index < -0.39 is 5.41 Å². The Balaban J connectivity index is 1.46. The summed E-state index contributed by atoms with van der Waals surface area (Å²) in [5, 5.41) is 11.2. The largest absolute Gasteiger partial charge is 0.348 e. The summed E-state index contributed by atoms with van der Waals surface area (Å²) in [6.45, 7) is 5.64. The van der Waals surface area contributed by atoms with Gasteiger partial charge >= 0.3 is 0 Å². The predicted molar refractivity (Wildman–Crippen MR) is 140 cm³/mol. The van der Waals surface area contributed by atoms with Gasteiger partial charge < -0.3 is 10.6 Å². The Bertz CT molecular complexity index is 1590. The second-order valence-corrected chi connectivity index (χ2v) is 10.7. The van der Waals surface area contributed by atoms with E-state index in [4.69, 9.17) is 5.10 Å². The quantitative estimate of drug-likeness (QED) is 0.382. The highest BCUT2D eigenvalue weighted by molar-refractivity contribution is 6.09. The molecule has 1 atom stereocenters. The molecule has 2 aliphatic rings. The van der Waals surface area contributed by atoms with Crippen LogP contribution < -0.4 is 10.6 Å². The number of rotatable bonds is 7. The number of amides is 2. The molecule has 38 heavy (non-hydrogen) atoms. The van der Waals surface area contributed by atoms with Crippen LogP contribution in [0.2, 0.25) is 0 Å². The molecule has 1 aliphatic heterocycles. The van der Waals surface area contributed by atoms with E-state index in [1.807, 2.05) is 13.0 Å². The summed E-state index contributed by atoms with van der Waals surface area (Å²) in [4.78, 5) is 40.1. The third kappa shape index (κ3) is 4.19. The van der Waals surface area contributed by atoms with Crippen LogP contribution in [0.5, 0.6) is 0 Å². The van der Waals surface area contributed by atoms with Crippen LogP contribution in [0, 0.1) is 11.7 Å². The zero-order chi connectivity index (χ0) is 26.6. The molecule has 10 heteroatoms. The minimum Gasteiger partial charge on any atom is -0.348 e. The summed E-state index contributed by atoms with van der Waals surface area (Å²) < 4.78 is 16.0. The lowest BCUT2D eigenvalue weighted by atomic mass is 9.85. The molecule has 0 bridgehead atoms. The molecule has 3 aromatic heterocycles. The fourth-order valence-corrected chi connectivity index (χ4v) is 5.07. The topological polar surface area (TPSA) is 115 Å². The van der Waals surface area contributed by atoms with Crippen molar-refractivity contribution in [2.45, 2.75) is 58.0 Å². The van der Waals surface area contributed by atoms with Crippen molar-refractivity contribution < 1.29 is 14.0 Å². The molecule has 0 spiro atoms. The van der Waals surface area contributed by atoms with Gasteiger partial charge in [0.2, 0.25) is 5.91 Å². The van der Waals surface area contributed by atoms with Crippen LogP contribution in [0.3, 0.4) is 0 Å². The van der Waals surface area contributed by atoms with E-state index in [1.54, 1.807) is 49.0 Å². The van der Waals surface area contributed by atoms with Gasteiger partial charge in [0.05, 0.1) is 17.3 Å². The molecule has 194 valence electrons. The second kappa shape index (κ2) is 8.97. The summed E-state index contributed by atoms with van der Waals surface area (Å²) in [6, 6.07) is 10.1. The normalized spacial score (nSPS) is 16.8. The molecule has 1 unspecified atom stereocenters. The second-order valence-electron chi connectivity index (χ2n) is 10.7. The summed E-state index contributed by atoms with van der Waals surface area (Å²) in [5.74, 6) is 0.185. The number of carbonyl (C=O) groups is 2. The lowest BCUT2D eigenvalue weighted by Gasteiger charge is -2.19. The number of pyridine rings is 1. The number of hydrogen-bond acceptors (Lipinski definition) is 6. The Morgan fingerprint density at radius 2 is 2.00 bits per heavy atom. The van der Waals surface area contributed by atoms with Crippen molar-refractivity contribution in [2.24, 2.45) is 5.92 Å². The van der Waals surface area contributed by atoms with E-state index in [0.717, 1.165) is 6.42 Å². The molecular weight excluding hydrogens is 485 g/mol. The van der Waals surface area contributed by atoms with Crippen molar-refractivity contribution in [3.63, 3.8) is 0 Å². The summed E-state index contributed by atoms with van der Waals surface area (Å²) in [5.41, 5.74) is 1.03. The van der Waals surface area contributed by atoms with Crippen LogP contribution >= 0.6 is 0 Å². The number of aromatic nitrogens is 5. The van der Waals surface area contributed by atoms with E-state index in [1.165, 1.54) is 18.9 Å². The average molecular weight is 514 g/mol. The average Bonchev–Trinajstić information content (AvgIpc) is 3.57. The maximum absolute atomic E-state index is 14.4. The Kier molecular flexibility index (Phi) is 5.70. The van der Waals surface area contributed by atoms with Crippen LogP contribution in [0.15, 0.2) is 42.6 Å².